The van der Waals surface area contributed by atoms with Crippen LogP contribution in [0.5, 0.6) is 0 Å². The number of sulfonamides is 1. The maximum absolute atomic E-state index is 13.7. The SMILES string of the molecule is O=S(=O)(c1ccc(F)cc1F)N1CCC2(CC1)OCCS2. The third kappa shape index (κ3) is 2.81. The monoisotopic (exact) mass is 335 g/mol. The molecule has 0 N–H and O–H groups in total. The first kappa shape index (κ1) is 15.2. The third-order valence-corrected chi connectivity index (χ3v) is 7.16. The van der Waals surface area contributed by atoms with Crippen molar-refractivity contribution in [3.63, 3.8) is 0 Å². The Morgan fingerprint density at radius 1 is 1.24 bits per heavy atom. The number of hydrogen-bond donors (Lipinski definition) is 0. The maximum Gasteiger partial charge on any atom is 0.245 e. The van der Waals surface area contributed by atoms with Crippen molar-refractivity contribution >= 4 is 21.8 Å². The van der Waals surface area contributed by atoms with E-state index in [0.717, 1.165) is 17.9 Å². The average molecular weight is 335 g/mol. The summed E-state index contributed by atoms with van der Waals surface area (Å²) in [5, 5.41) is 0. The van der Waals surface area contributed by atoms with Crippen LogP contribution in [0.2, 0.25) is 0 Å². The van der Waals surface area contributed by atoms with Gasteiger partial charge < -0.3 is 4.74 Å². The molecule has 2 heterocycles. The summed E-state index contributed by atoms with van der Waals surface area (Å²) in [6.45, 7) is 1.25. The first-order chi connectivity index (χ1) is 9.93. The number of thioether (sulfide) groups is 1. The van der Waals surface area contributed by atoms with Crippen LogP contribution in [0, 0.1) is 11.6 Å². The molecule has 1 aromatic rings. The standard InChI is InChI=1S/C13H15F2NO3S2/c14-10-1-2-12(11(15)9-10)21(17,18)16-5-3-13(4-6-16)19-7-8-20-13/h1-2,9H,3-8H2. The minimum atomic E-state index is -3.93. The number of nitrogens with zero attached hydrogens (tertiary/aromatic N) is 1. The Morgan fingerprint density at radius 2 is 1.95 bits per heavy atom. The van der Waals surface area contributed by atoms with Crippen molar-refractivity contribution in [1.82, 2.24) is 4.31 Å². The predicted octanol–water partition coefficient (Wildman–Crippen LogP) is 2.21. The van der Waals surface area contributed by atoms with E-state index in [0.29, 0.717) is 25.5 Å². The van der Waals surface area contributed by atoms with Crippen LogP contribution in [0.3, 0.4) is 0 Å². The molecule has 8 heteroatoms. The van der Waals surface area contributed by atoms with Gasteiger partial charge in [-0.1, -0.05) is 0 Å². The molecule has 116 valence electrons. The summed E-state index contributed by atoms with van der Waals surface area (Å²) in [7, 11) is -3.93. The fourth-order valence-corrected chi connectivity index (χ4v) is 5.34. The first-order valence-corrected chi connectivity index (χ1v) is 9.09. The van der Waals surface area contributed by atoms with Crippen molar-refractivity contribution < 1.29 is 21.9 Å². The van der Waals surface area contributed by atoms with E-state index in [9.17, 15) is 17.2 Å². The van der Waals surface area contributed by atoms with Gasteiger partial charge in [0.1, 0.15) is 21.5 Å². The van der Waals surface area contributed by atoms with E-state index in [1.54, 1.807) is 11.8 Å². The molecule has 2 fully saturated rings. The summed E-state index contributed by atoms with van der Waals surface area (Å²) in [6.07, 6.45) is 1.17. The van der Waals surface area contributed by atoms with Gasteiger partial charge in [-0.3, -0.25) is 0 Å². The van der Waals surface area contributed by atoms with Gasteiger partial charge in [0.25, 0.3) is 0 Å². The zero-order chi connectivity index (χ0) is 15.1. The van der Waals surface area contributed by atoms with E-state index in [2.05, 4.69) is 0 Å². The number of halogens is 2. The van der Waals surface area contributed by atoms with Crippen LogP contribution in [-0.2, 0) is 14.8 Å². The molecule has 0 aromatic heterocycles. The van der Waals surface area contributed by atoms with Crippen molar-refractivity contribution in [2.45, 2.75) is 22.7 Å². The van der Waals surface area contributed by atoms with Gasteiger partial charge >= 0.3 is 0 Å². The van der Waals surface area contributed by atoms with Gasteiger partial charge in [-0.05, 0) is 25.0 Å². The van der Waals surface area contributed by atoms with Crippen LogP contribution < -0.4 is 0 Å². The van der Waals surface area contributed by atoms with Crippen LogP contribution in [0.15, 0.2) is 23.1 Å². The van der Waals surface area contributed by atoms with Gasteiger partial charge in [0.05, 0.1) is 6.61 Å². The maximum atomic E-state index is 13.7. The Hall–Kier alpha value is -0.700. The lowest BCUT2D eigenvalue weighted by molar-refractivity contribution is 0.0161. The summed E-state index contributed by atoms with van der Waals surface area (Å²) >= 11 is 1.71. The highest BCUT2D eigenvalue weighted by Gasteiger charge is 2.42. The predicted molar refractivity (Wildman–Crippen MR) is 75.5 cm³/mol. The second-order valence-corrected chi connectivity index (χ2v) is 8.43. The van der Waals surface area contributed by atoms with Crippen molar-refractivity contribution in [1.29, 1.82) is 0 Å². The van der Waals surface area contributed by atoms with Gasteiger partial charge in [0.2, 0.25) is 10.0 Å². The number of ether oxygens (including phenoxy) is 1. The summed E-state index contributed by atoms with van der Waals surface area (Å²) in [5.41, 5.74) is 0. The van der Waals surface area contributed by atoms with E-state index >= 15 is 0 Å². The molecule has 3 rings (SSSR count). The molecule has 0 bridgehead atoms. The molecule has 2 aliphatic rings. The van der Waals surface area contributed by atoms with Crippen molar-refractivity contribution in [2.75, 3.05) is 25.4 Å². The summed E-state index contributed by atoms with van der Waals surface area (Å²) in [5.74, 6) is -0.930. The normalized spacial score (nSPS) is 22.8. The molecule has 1 spiro atoms. The summed E-state index contributed by atoms with van der Waals surface area (Å²) in [4.78, 5) is -0.757. The largest absolute Gasteiger partial charge is 0.363 e. The topological polar surface area (TPSA) is 46.6 Å². The lowest BCUT2D eigenvalue weighted by atomic mass is 10.1. The van der Waals surface area contributed by atoms with Crippen LogP contribution in [-0.4, -0.2) is 43.1 Å². The van der Waals surface area contributed by atoms with Crippen molar-refractivity contribution in [3.05, 3.63) is 29.8 Å². The lowest BCUT2D eigenvalue weighted by Crippen LogP contribution is -2.45. The molecule has 21 heavy (non-hydrogen) atoms. The molecule has 0 saturated carbocycles. The Bertz CT molecular complexity index is 635. The first-order valence-electron chi connectivity index (χ1n) is 6.66. The molecule has 0 atom stereocenters. The van der Waals surface area contributed by atoms with Gasteiger partial charge in [0, 0.05) is 24.9 Å². The molecular formula is C13H15F2NO3S2. The Morgan fingerprint density at radius 3 is 2.52 bits per heavy atom. The fourth-order valence-electron chi connectivity index (χ4n) is 2.68. The van der Waals surface area contributed by atoms with Gasteiger partial charge in [0.15, 0.2) is 0 Å². The zero-order valence-corrected chi connectivity index (χ0v) is 12.9. The molecule has 4 nitrogen and oxygen atoms in total. The second-order valence-electron chi connectivity index (χ2n) is 5.09. The van der Waals surface area contributed by atoms with E-state index in [1.807, 2.05) is 0 Å². The highest BCUT2D eigenvalue weighted by atomic mass is 32.2. The quantitative estimate of drug-likeness (QED) is 0.831. The molecular weight excluding hydrogens is 320 g/mol. The number of piperidine rings is 1. The summed E-state index contributed by atoms with van der Waals surface area (Å²) in [6, 6.07) is 2.52. The molecule has 2 aliphatic heterocycles. The Kier molecular flexibility index (Phi) is 3.98. The highest BCUT2D eigenvalue weighted by molar-refractivity contribution is 8.00. The molecule has 0 amide bonds. The second kappa shape index (κ2) is 5.49. The van der Waals surface area contributed by atoms with E-state index < -0.39 is 26.6 Å². The van der Waals surface area contributed by atoms with Gasteiger partial charge in [-0.2, -0.15) is 4.31 Å². The summed E-state index contributed by atoms with van der Waals surface area (Å²) < 4.78 is 58.5. The highest BCUT2D eigenvalue weighted by Crippen LogP contribution is 2.42. The molecule has 1 aromatic carbocycles. The molecule has 0 unspecified atom stereocenters. The van der Waals surface area contributed by atoms with Crippen molar-refractivity contribution in [2.24, 2.45) is 0 Å². The lowest BCUT2D eigenvalue weighted by Gasteiger charge is -2.37. The number of benzene rings is 1. The zero-order valence-electron chi connectivity index (χ0n) is 11.2. The van der Waals surface area contributed by atoms with Gasteiger partial charge in [-0.15, -0.1) is 11.8 Å². The van der Waals surface area contributed by atoms with Crippen LogP contribution in [0.4, 0.5) is 8.78 Å². The molecule has 0 aliphatic carbocycles. The minimum absolute atomic E-state index is 0.284. The van der Waals surface area contributed by atoms with Crippen LogP contribution in [0.25, 0.3) is 0 Å². The van der Waals surface area contributed by atoms with Crippen LogP contribution >= 0.6 is 11.8 Å². The van der Waals surface area contributed by atoms with E-state index in [4.69, 9.17) is 4.74 Å². The smallest absolute Gasteiger partial charge is 0.245 e. The average Bonchev–Trinajstić information content (AvgIpc) is 2.87. The van der Waals surface area contributed by atoms with E-state index in [-0.39, 0.29) is 18.0 Å². The molecule has 2 saturated heterocycles. The Balaban J connectivity index is 1.80. The van der Waals surface area contributed by atoms with Crippen molar-refractivity contribution in [3.8, 4) is 0 Å². The van der Waals surface area contributed by atoms with E-state index in [1.165, 1.54) is 4.31 Å². The Labute approximate surface area is 126 Å². The van der Waals surface area contributed by atoms with Crippen LogP contribution in [0.1, 0.15) is 12.8 Å². The molecule has 0 radical (unpaired) electrons. The minimum Gasteiger partial charge on any atom is -0.363 e. The van der Waals surface area contributed by atoms with Gasteiger partial charge in [-0.25, -0.2) is 17.2 Å². The fraction of sp³-hybridized carbons (Fsp3) is 0.538. The third-order valence-electron chi connectivity index (χ3n) is 3.81. The number of rotatable bonds is 2. The number of hydrogen-bond acceptors (Lipinski definition) is 4.